The van der Waals surface area contributed by atoms with Crippen molar-refractivity contribution in [3.63, 3.8) is 0 Å². The second kappa shape index (κ2) is 20.3. The van der Waals surface area contributed by atoms with Crippen LogP contribution in [0.15, 0.2) is 23.8 Å². The molecule has 0 heterocycles. The smallest absolute Gasteiger partial charge is 0.303 e. The quantitative estimate of drug-likeness (QED) is 0.0862. The van der Waals surface area contributed by atoms with Gasteiger partial charge in [0.15, 0.2) is 0 Å². The number of aliphatic carboxylic acids is 1. The molecular weight excluding hydrogens is 597 g/mol. The van der Waals surface area contributed by atoms with Crippen LogP contribution in [0.1, 0.15) is 208 Å². The summed E-state index contributed by atoms with van der Waals surface area (Å²) in [7, 11) is 0. The van der Waals surface area contributed by atoms with Gasteiger partial charge in [-0.05, 0) is 148 Å². The zero-order valence-electron chi connectivity index (χ0n) is 33.6. The molecule has 0 bridgehead atoms. The Morgan fingerprint density at radius 2 is 1.47 bits per heavy atom. The third-order valence-electron chi connectivity index (χ3n) is 15.6. The van der Waals surface area contributed by atoms with E-state index in [0.29, 0.717) is 17.3 Å². The first kappa shape index (κ1) is 40.7. The van der Waals surface area contributed by atoms with Crippen molar-refractivity contribution >= 4 is 5.97 Å². The minimum Gasteiger partial charge on any atom is -0.481 e. The minimum atomic E-state index is -0.657. The SMILES string of the molecule is CC[C@H](CC[C@@H](C)[C@H]1CC[C@H]2[C@@H]3CC=C4C[C@@H](CCCCCCCC/C=C\CCCCCCCC(=O)O)CC[C@]4(C)[C@H]3CC[C@]12C)C(C)C. The molecule has 0 unspecified atom stereocenters. The number of rotatable bonds is 23. The highest BCUT2D eigenvalue weighted by Gasteiger charge is 2.59. The zero-order chi connectivity index (χ0) is 35.3. The molecule has 0 aromatic rings. The highest BCUT2D eigenvalue weighted by molar-refractivity contribution is 5.66. The van der Waals surface area contributed by atoms with Gasteiger partial charge in [-0.1, -0.05) is 136 Å². The lowest BCUT2D eigenvalue weighted by atomic mass is 9.46. The van der Waals surface area contributed by atoms with Crippen LogP contribution >= 0.6 is 0 Å². The van der Waals surface area contributed by atoms with Crippen molar-refractivity contribution in [1.82, 2.24) is 0 Å². The topological polar surface area (TPSA) is 37.3 Å². The van der Waals surface area contributed by atoms with E-state index in [0.717, 1.165) is 60.2 Å². The first-order valence-corrected chi connectivity index (χ1v) is 22.2. The molecule has 3 saturated carbocycles. The first-order chi connectivity index (χ1) is 23.6. The van der Waals surface area contributed by atoms with E-state index in [1.54, 1.807) is 0 Å². The standard InChI is InChI=1S/C47H82O2/c1-7-39(36(2)3)26-25-37(4)42-29-30-43-41-28-27-40-35-38(31-33-46(40,5)44(41)32-34-47(42,43)6)23-21-19-17-15-13-11-9-8-10-12-14-16-18-20-22-24-45(48)49/h8,10,27,36-39,41-44H,7,9,11-26,28-35H2,1-6H3,(H,48,49)/b10-8-/t37-,38+,39-,41+,42-,43+,44+,46+,47-/m1/s1. The van der Waals surface area contributed by atoms with Gasteiger partial charge in [0, 0.05) is 6.42 Å². The molecule has 2 nitrogen and oxygen atoms in total. The van der Waals surface area contributed by atoms with E-state index in [2.05, 4.69) is 59.8 Å². The van der Waals surface area contributed by atoms with Crippen molar-refractivity contribution in [1.29, 1.82) is 0 Å². The Hall–Kier alpha value is -1.05. The molecule has 282 valence electrons. The van der Waals surface area contributed by atoms with Crippen molar-refractivity contribution in [3.05, 3.63) is 23.8 Å². The molecule has 4 aliphatic carbocycles. The van der Waals surface area contributed by atoms with Crippen LogP contribution in [0.4, 0.5) is 0 Å². The summed E-state index contributed by atoms with van der Waals surface area (Å²) in [5, 5.41) is 8.70. The van der Waals surface area contributed by atoms with Crippen LogP contribution in [0.25, 0.3) is 0 Å². The fraction of sp³-hybridized carbons (Fsp3) is 0.894. The van der Waals surface area contributed by atoms with E-state index in [4.69, 9.17) is 5.11 Å². The zero-order valence-corrected chi connectivity index (χ0v) is 33.6. The van der Waals surface area contributed by atoms with Crippen LogP contribution in [0, 0.1) is 58.2 Å². The maximum atomic E-state index is 10.6. The number of carboxylic acid groups (broad SMARTS) is 1. The largest absolute Gasteiger partial charge is 0.481 e. The maximum absolute atomic E-state index is 10.6. The van der Waals surface area contributed by atoms with Gasteiger partial charge in [0.1, 0.15) is 0 Å². The number of allylic oxidation sites excluding steroid dienone is 4. The average Bonchev–Trinajstić information content (AvgIpc) is 3.43. The third-order valence-corrected chi connectivity index (χ3v) is 15.6. The molecule has 0 aliphatic heterocycles. The molecule has 0 aromatic heterocycles. The Labute approximate surface area is 305 Å². The van der Waals surface area contributed by atoms with Gasteiger partial charge in [-0.3, -0.25) is 4.79 Å². The van der Waals surface area contributed by atoms with E-state index in [-0.39, 0.29) is 0 Å². The molecule has 1 N–H and O–H groups in total. The van der Waals surface area contributed by atoms with Gasteiger partial charge in [0.05, 0.1) is 0 Å². The lowest BCUT2D eigenvalue weighted by Crippen LogP contribution is -2.50. The van der Waals surface area contributed by atoms with Crippen molar-refractivity contribution < 1.29 is 9.90 Å². The summed E-state index contributed by atoms with van der Waals surface area (Å²) in [6, 6.07) is 0. The number of hydrogen-bond donors (Lipinski definition) is 1. The van der Waals surface area contributed by atoms with Crippen LogP contribution in [0.5, 0.6) is 0 Å². The van der Waals surface area contributed by atoms with Crippen LogP contribution in [-0.4, -0.2) is 11.1 Å². The fourth-order valence-electron chi connectivity index (χ4n) is 12.4. The Balaban J connectivity index is 1.09. The van der Waals surface area contributed by atoms with Gasteiger partial charge in [0.2, 0.25) is 0 Å². The van der Waals surface area contributed by atoms with Gasteiger partial charge in [-0.2, -0.15) is 0 Å². The number of fused-ring (bicyclic) bond motifs is 5. The third kappa shape index (κ3) is 11.2. The summed E-state index contributed by atoms with van der Waals surface area (Å²) in [5.41, 5.74) is 3.01. The minimum absolute atomic E-state index is 0.331. The lowest BCUT2D eigenvalue weighted by Gasteiger charge is -2.58. The van der Waals surface area contributed by atoms with Crippen LogP contribution in [-0.2, 0) is 4.79 Å². The van der Waals surface area contributed by atoms with Gasteiger partial charge < -0.3 is 5.11 Å². The highest BCUT2D eigenvalue weighted by atomic mass is 16.4. The number of carboxylic acids is 1. The second-order valence-corrected chi connectivity index (χ2v) is 18.9. The summed E-state index contributed by atoms with van der Waals surface area (Å²) in [6.45, 7) is 15.4. The van der Waals surface area contributed by atoms with Crippen LogP contribution < -0.4 is 0 Å². The van der Waals surface area contributed by atoms with E-state index < -0.39 is 5.97 Å². The molecule has 0 saturated heterocycles. The van der Waals surface area contributed by atoms with Crippen molar-refractivity contribution in [2.45, 2.75) is 208 Å². The van der Waals surface area contributed by atoms with Crippen LogP contribution in [0.2, 0.25) is 0 Å². The van der Waals surface area contributed by atoms with E-state index in [1.807, 2.05) is 5.57 Å². The molecular formula is C47H82O2. The Morgan fingerprint density at radius 1 is 0.816 bits per heavy atom. The maximum Gasteiger partial charge on any atom is 0.303 e. The molecule has 2 heteroatoms. The van der Waals surface area contributed by atoms with Crippen molar-refractivity contribution in [2.75, 3.05) is 0 Å². The van der Waals surface area contributed by atoms with E-state index in [1.165, 1.54) is 148 Å². The van der Waals surface area contributed by atoms with Crippen LogP contribution in [0.3, 0.4) is 0 Å². The predicted molar refractivity (Wildman–Crippen MR) is 212 cm³/mol. The Bertz CT molecular complexity index is 1020. The first-order valence-electron chi connectivity index (χ1n) is 22.2. The molecule has 4 rings (SSSR count). The van der Waals surface area contributed by atoms with Crippen molar-refractivity contribution in [2.24, 2.45) is 58.2 Å². The highest BCUT2D eigenvalue weighted by Crippen LogP contribution is 2.67. The summed E-state index contributed by atoms with van der Waals surface area (Å²) in [6.07, 6.45) is 42.0. The number of hydrogen-bond acceptors (Lipinski definition) is 1. The fourth-order valence-corrected chi connectivity index (χ4v) is 12.4. The van der Waals surface area contributed by atoms with Gasteiger partial charge in [-0.25, -0.2) is 0 Å². The number of carbonyl (C=O) groups is 1. The monoisotopic (exact) mass is 679 g/mol. The van der Waals surface area contributed by atoms with Gasteiger partial charge >= 0.3 is 5.97 Å². The normalized spacial score (nSPS) is 32.5. The molecule has 0 amide bonds. The lowest BCUT2D eigenvalue weighted by molar-refractivity contribution is -0.137. The molecule has 4 aliphatic rings. The number of unbranched alkanes of at least 4 members (excludes halogenated alkanes) is 11. The summed E-state index contributed by atoms with van der Waals surface area (Å²) >= 11 is 0. The van der Waals surface area contributed by atoms with Crippen molar-refractivity contribution in [3.8, 4) is 0 Å². The molecule has 9 atom stereocenters. The Kier molecular flexibility index (Phi) is 16.8. The Morgan fingerprint density at radius 3 is 2.12 bits per heavy atom. The predicted octanol–water partition coefficient (Wildman–Crippen LogP) is 14.8. The van der Waals surface area contributed by atoms with Gasteiger partial charge in [-0.15, -0.1) is 0 Å². The summed E-state index contributed by atoms with van der Waals surface area (Å²) in [4.78, 5) is 10.6. The molecule has 49 heavy (non-hydrogen) atoms. The molecule has 0 aromatic carbocycles. The summed E-state index contributed by atoms with van der Waals surface area (Å²) in [5.74, 6) is 6.82. The van der Waals surface area contributed by atoms with E-state index >= 15 is 0 Å². The average molecular weight is 679 g/mol. The van der Waals surface area contributed by atoms with E-state index in [9.17, 15) is 4.79 Å². The molecule has 3 fully saturated rings. The van der Waals surface area contributed by atoms with Gasteiger partial charge in [0.25, 0.3) is 0 Å². The molecule has 0 spiro atoms. The summed E-state index contributed by atoms with van der Waals surface area (Å²) < 4.78 is 0. The second-order valence-electron chi connectivity index (χ2n) is 18.9. The molecule has 0 radical (unpaired) electrons.